The molecule has 5 nitrogen and oxygen atoms in total. The largest absolute Gasteiger partial charge is 0.481 e. The summed E-state index contributed by atoms with van der Waals surface area (Å²) in [5.41, 5.74) is 5.83. The number of anilines is 1. The van der Waals surface area contributed by atoms with Gasteiger partial charge in [0.15, 0.2) is 0 Å². The van der Waals surface area contributed by atoms with Gasteiger partial charge in [0.1, 0.15) is 0 Å². The van der Waals surface area contributed by atoms with E-state index in [9.17, 15) is 9.59 Å². The van der Waals surface area contributed by atoms with Crippen molar-refractivity contribution in [1.82, 2.24) is 4.57 Å². The number of nitrogens with one attached hydrogen (secondary N) is 1. The van der Waals surface area contributed by atoms with Gasteiger partial charge in [0.05, 0.1) is 12.1 Å². The molecule has 5 heteroatoms. The molecule has 0 saturated carbocycles. The van der Waals surface area contributed by atoms with Gasteiger partial charge in [0.25, 0.3) is 0 Å². The highest BCUT2D eigenvalue weighted by Crippen LogP contribution is 2.28. The number of hydrogen-bond donors (Lipinski definition) is 2. The van der Waals surface area contributed by atoms with Crippen LogP contribution in [0.25, 0.3) is 16.9 Å². The molecule has 0 spiro atoms. The maximum Gasteiger partial charge on any atom is 0.303 e. The van der Waals surface area contributed by atoms with E-state index in [-0.39, 0.29) is 12.3 Å². The summed E-state index contributed by atoms with van der Waals surface area (Å²) in [4.78, 5) is 22.3. The van der Waals surface area contributed by atoms with Gasteiger partial charge in [-0.3, -0.25) is 9.59 Å². The fourth-order valence-electron chi connectivity index (χ4n) is 3.06. The summed E-state index contributed by atoms with van der Waals surface area (Å²) in [6.07, 6.45) is 0.510. The van der Waals surface area contributed by atoms with Crippen LogP contribution in [-0.4, -0.2) is 21.6 Å². The third kappa shape index (κ3) is 4.44. The number of carboxylic acid groups (broad SMARTS) is 1. The molecule has 2 N–H and O–H groups in total. The Hall–Kier alpha value is -3.34. The third-order valence-corrected chi connectivity index (χ3v) is 4.35. The average Bonchev–Trinajstić information content (AvgIpc) is 3.04. The van der Waals surface area contributed by atoms with Crippen molar-refractivity contribution in [3.8, 4) is 16.9 Å². The molecule has 138 valence electrons. The summed E-state index contributed by atoms with van der Waals surface area (Å²) in [6.45, 7) is 3.52. The summed E-state index contributed by atoms with van der Waals surface area (Å²) >= 11 is 0. The van der Waals surface area contributed by atoms with E-state index < -0.39 is 5.97 Å². The smallest absolute Gasteiger partial charge is 0.303 e. The number of aliphatic carboxylic acids is 1. The van der Waals surface area contributed by atoms with Gasteiger partial charge in [0.2, 0.25) is 5.91 Å². The van der Waals surface area contributed by atoms with Crippen LogP contribution in [0.3, 0.4) is 0 Å². The molecule has 1 amide bonds. The zero-order chi connectivity index (χ0) is 19.4. The lowest BCUT2D eigenvalue weighted by Crippen LogP contribution is -2.07. The van der Waals surface area contributed by atoms with Gasteiger partial charge < -0.3 is 15.0 Å². The van der Waals surface area contributed by atoms with Crippen molar-refractivity contribution in [3.05, 3.63) is 71.9 Å². The maximum atomic E-state index is 11.2. The number of aryl methyl sites for hydroxylation is 2. The molecule has 2 aromatic carbocycles. The molecule has 3 aromatic rings. The van der Waals surface area contributed by atoms with Gasteiger partial charge >= 0.3 is 5.97 Å². The summed E-state index contributed by atoms with van der Waals surface area (Å²) in [5, 5.41) is 11.8. The van der Waals surface area contributed by atoms with Crippen LogP contribution in [0.1, 0.15) is 24.6 Å². The molecular weight excluding hydrogens is 340 g/mol. The van der Waals surface area contributed by atoms with Crippen LogP contribution in [0.4, 0.5) is 5.69 Å². The first-order valence-corrected chi connectivity index (χ1v) is 8.81. The Kier molecular flexibility index (Phi) is 5.41. The van der Waals surface area contributed by atoms with E-state index >= 15 is 0 Å². The van der Waals surface area contributed by atoms with Crippen molar-refractivity contribution in [2.45, 2.75) is 26.7 Å². The Morgan fingerprint density at radius 2 is 1.63 bits per heavy atom. The molecule has 0 radical (unpaired) electrons. The average molecular weight is 362 g/mol. The van der Waals surface area contributed by atoms with Crippen LogP contribution < -0.4 is 5.32 Å². The van der Waals surface area contributed by atoms with Crippen LogP contribution in [0, 0.1) is 6.92 Å². The van der Waals surface area contributed by atoms with Crippen LogP contribution >= 0.6 is 0 Å². The molecule has 1 aromatic heterocycles. The number of rotatable bonds is 6. The lowest BCUT2D eigenvalue weighted by molar-refractivity contribution is -0.137. The number of hydrogen-bond acceptors (Lipinski definition) is 2. The number of carbonyl (C=O) groups is 2. The van der Waals surface area contributed by atoms with Crippen LogP contribution in [-0.2, 0) is 16.0 Å². The molecule has 0 atom stereocenters. The highest BCUT2D eigenvalue weighted by molar-refractivity contribution is 5.88. The van der Waals surface area contributed by atoms with Crippen LogP contribution in [0.5, 0.6) is 0 Å². The van der Waals surface area contributed by atoms with Crippen molar-refractivity contribution < 1.29 is 14.7 Å². The van der Waals surface area contributed by atoms with Crippen molar-refractivity contribution in [1.29, 1.82) is 0 Å². The fourth-order valence-corrected chi connectivity index (χ4v) is 3.06. The Labute approximate surface area is 158 Å². The molecule has 0 aliphatic carbocycles. The standard InChI is InChI=1S/C22H22N2O3/c1-15-3-5-17(6-4-15)21-13-11-20(12-14-22(26)27)24(21)19-9-7-18(8-10-19)23-16(2)25/h3-11,13H,12,14H2,1-2H3,(H,23,25)(H,26,27). The normalized spacial score (nSPS) is 10.6. The van der Waals surface area contributed by atoms with Crippen molar-refractivity contribution >= 4 is 17.6 Å². The molecule has 0 aliphatic heterocycles. The SMILES string of the molecule is CC(=O)Nc1ccc(-n2c(CCC(=O)O)ccc2-c2ccc(C)cc2)cc1. The second-order valence-electron chi connectivity index (χ2n) is 6.53. The summed E-state index contributed by atoms with van der Waals surface area (Å²) in [5.74, 6) is -0.938. The molecule has 1 heterocycles. The first-order valence-electron chi connectivity index (χ1n) is 8.81. The number of benzene rings is 2. The summed E-state index contributed by atoms with van der Waals surface area (Å²) in [7, 11) is 0. The van der Waals surface area contributed by atoms with Gasteiger partial charge in [-0.05, 0) is 55.3 Å². The van der Waals surface area contributed by atoms with Gasteiger partial charge in [-0.2, -0.15) is 0 Å². The number of carbonyl (C=O) groups excluding carboxylic acids is 1. The first kappa shape index (κ1) is 18.5. The van der Waals surface area contributed by atoms with Gasteiger partial charge in [-0.25, -0.2) is 0 Å². The second-order valence-corrected chi connectivity index (χ2v) is 6.53. The zero-order valence-corrected chi connectivity index (χ0v) is 15.4. The quantitative estimate of drug-likeness (QED) is 0.681. The molecular formula is C22H22N2O3. The zero-order valence-electron chi connectivity index (χ0n) is 15.4. The molecule has 0 unspecified atom stereocenters. The Balaban J connectivity index is 2.04. The molecule has 3 rings (SSSR count). The highest BCUT2D eigenvalue weighted by atomic mass is 16.4. The predicted octanol–water partition coefficient (Wildman–Crippen LogP) is 4.43. The minimum atomic E-state index is -0.819. The number of aromatic nitrogens is 1. The topological polar surface area (TPSA) is 71.3 Å². The third-order valence-electron chi connectivity index (χ3n) is 4.35. The Bertz CT molecular complexity index is 954. The maximum absolute atomic E-state index is 11.2. The van der Waals surface area contributed by atoms with E-state index in [1.807, 2.05) is 43.3 Å². The van der Waals surface area contributed by atoms with Gasteiger partial charge in [-0.1, -0.05) is 29.8 Å². The number of nitrogens with zero attached hydrogens (tertiary/aromatic N) is 1. The van der Waals surface area contributed by atoms with Crippen LogP contribution in [0.2, 0.25) is 0 Å². The summed E-state index contributed by atoms with van der Waals surface area (Å²) < 4.78 is 2.07. The molecule has 0 saturated heterocycles. The van der Waals surface area contributed by atoms with E-state index in [4.69, 9.17) is 5.11 Å². The van der Waals surface area contributed by atoms with Gasteiger partial charge in [0, 0.05) is 24.0 Å². The number of amides is 1. The molecule has 0 fully saturated rings. The molecule has 0 bridgehead atoms. The lowest BCUT2D eigenvalue weighted by Gasteiger charge is -2.15. The Morgan fingerprint density at radius 3 is 2.22 bits per heavy atom. The fraction of sp³-hybridized carbons (Fsp3) is 0.182. The van der Waals surface area contributed by atoms with Crippen molar-refractivity contribution in [2.24, 2.45) is 0 Å². The minimum absolute atomic E-state index is 0.0708. The number of carboxylic acids is 1. The lowest BCUT2D eigenvalue weighted by atomic mass is 10.1. The predicted molar refractivity (Wildman–Crippen MR) is 106 cm³/mol. The molecule has 27 heavy (non-hydrogen) atoms. The monoisotopic (exact) mass is 362 g/mol. The summed E-state index contributed by atoms with van der Waals surface area (Å²) in [6, 6.07) is 19.8. The van der Waals surface area contributed by atoms with E-state index in [2.05, 4.69) is 34.1 Å². The van der Waals surface area contributed by atoms with E-state index in [1.54, 1.807) is 0 Å². The first-order chi connectivity index (χ1) is 12.9. The molecule has 0 aliphatic rings. The second kappa shape index (κ2) is 7.91. The van der Waals surface area contributed by atoms with E-state index in [0.29, 0.717) is 6.42 Å². The van der Waals surface area contributed by atoms with E-state index in [1.165, 1.54) is 12.5 Å². The highest BCUT2D eigenvalue weighted by Gasteiger charge is 2.13. The van der Waals surface area contributed by atoms with Gasteiger partial charge in [-0.15, -0.1) is 0 Å². The van der Waals surface area contributed by atoms with Crippen molar-refractivity contribution in [3.63, 3.8) is 0 Å². The minimum Gasteiger partial charge on any atom is -0.481 e. The van der Waals surface area contributed by atoms with E-state index in [0.717, 1.165) is 28.3 Å². The Morgan fingerprint density at radius 1 is 0.963 bits per heavy atom. The van der Waals surface area contributed by atoms with Crippen LogP contribution in [0.15, 0.2) is 60.7 Å². The van der Waals surface area contributed by atoms with Crippen molar-refractivity contribution in [2.75, 3.05) is 5.32 Å².